The van der Waals surface area contributed by atoms with E-state index < -0.39 is 0 Å². The van der Waals surface area contributed by atoms with Crippen LogP contribution in [0.2, 0.25) is 0 Å². The van der Waals surface area contributed by atoms with E-state index in [0.29, 0.717) is 6.61 Å². The zero-order chi connectivity index (χ0) is 18.5. The van der Waals surface area contributed by atoms with Crippen molar-refractivity contribution in [2.24, 2.45) is 0 Å². The minimum absolute atomic E-state index is 0.580. The molecule has 0 N–H and O–H groups in total. The first-order valence-electron chi connectivity index (χ1n) is 9.09. The molecule has 27 heavy (non-hydrogen) atoms. The van der Waals surface area contributed by atoms with Gasteiger partial charge in [0.05, 0.1) is 11.2 Å². The van der Waals surface area contributed by atoms with Crippen LogP contribution in [-0.4, -0.2) is 4.98 Å². The van der Waals surface area contributed by atoms with Crippen molar-refractivity contribution in [2.75, 3.05) is 0 Å². The monoisotopic (exact) mass is 351 g/mol. The Labute approximate surface area is 159 Å². The van der Waals surface area contributed by atoms with E-state index in [1.807, 2.05) is 36.4 Å². The molecule has 0 aliphatic carbocycles. The molecule has 0 amide bonds. The highest BCUT2D eigenvalue weighted by atomic mass is 16.5. The molecule has 0 atom stereocenters. The molecule has 0 aliphatic heterocycles. The Bertz CT molecular complexity index is 1070. The molecule has 0 saturated heterocycles. The van der Waals surface area contributed by atoms with Crippen molar-refractivity contribution in [1.82, 2.24) is 4.98 Å². The molecule has 1 aromatic heterocycles. The second-order valence-corrected chi connectivity index (χ2v) is 6.61. The fourth-order valence-electron chi connectivity index (χ4n) is 2.95. The molecule has 132 valence electrons. The molecule has 0 spiro atoms. The van der Waals surface area contributed by atoms with Crippen LogP contribution >= 0.6 is 0 Å². The largest absolute Gasteiger partial charge is 0.489 e. The van der Waals surface area contributed by atoms with Crippen molar-refractivity contribution in [2.45, 2.75) is 13.5 Å². The lowest BCUT2D eigenvalue weighted by Crippen LogP contribution is -1.94. The molecule has 0 aliphatic rings. The third-order valence-electron chi connectivity index (χ3n) is 4.44. The predicted octanol–water partition coefficient (Wildman–Crippen LogP) is 6.29. The molecule has 3 aromatic carbocycles. The number of rotatable bonds is 5. The van der Waals surface area contributed by atoms with Gasteiger partial charge in [0.25, 0.3) is 0 Å². The van der Waals surface area contributed by atoms with Crippen LogP contribution < -0.4 is 4.74 Å². The first kappa shape index (κ1) is 17.0. The summed E-state index contributed by atoms with van der Waals surface area (Å²) >= 11 is 0. The van der Waals surface area contributed by atoms with Crippen molar-refractivity contribution in [3.63, 3.8) is 0 Å². The zero-order valence-corrected chi connectivity index (χ0v) is 15.3. The predicted molar refractivity (Wildman–Crippen MR) is 113 cm³/mol. The quantitative estimate of drug-likeness (QED) is 0.421. The van der Waals surface area contributed by atoms with Gasteiger partial charge < -0.3 is 4.74 Å². The van der Waals surface area contributed by atoms with E-state index in [1.54, 1.807) is 0 Å². The summed E-state index contributed by atoms with van der Waals surface area (Å²) in [6.07, 6.45) is 4.11. The molecule has 0 radical (unpaired) electrons. The Morgan fingerprint density at radius 2 is 1.63 bits per heavy atom. The fraction of sp³-hybridized carbons (Fsp3) is 0.0800. The zero-order valence-electron chi connectivity index (χ0n) is 15.3. The topological polar surface area (TPSA) is 22.1 Å². The summed E-state index contributed by atoms with van der Waals surface area (Å²) in [5.74, 6) is 0.871. The van der Waals surface area contributed by atoms with E-state index in [0.717, 1.165) is 22.5 Å². The van der Waals surface area contributed by atoms with Crippen LogP contribution in [-0.2, 0) is 6.61 Å². The van der Waals surface area contributed by atoms with Gasteiger partial charge in [0.1, 0.15) is 12.4 Å². The molecular weight excluding hydrogens is 330 g/mol. The molecule has 4 aromatic rings. The van der Waals surface area contributed by atoms with Crippen LogP contribution in [0.1, 0.15) is 22.4 Å². The van der Waals surface area contributed by atoms with Gasteiger partial charge in [-0.15, -0.1) is 0 Å². The molecule has 0 saturated carbocycles. The van der Waals surface area contributed by atoms with Crippen molar-refractivity contribution in [3.8, 4) is 5.75 Å². The van der Waals surface area contributed by atoms with Crippen molar-refractivity contribution in [3.05, 3.63) is 107 Å². The second-order valence-electron chi connectivity index (χ2n) is 6.61. The summed E-state index contributed by atoms with van der Waals surface area (Å²) in [6.45, 7) is 2.68. The summed E-state index contributed by atoms with van der Waals surface area (Å²) in [4.78, 5) is 4.70. The standard InChI is InChI=1S/C25H21NO/c1-19-7-16-25-22(17-19)11-13-23(26-25)12-8-20-9-14-24(15-10-20)27-18-21-5-3-2-4-6-21/h2-17H,18H2,1H3/b12-8+. The molecule has 0 fully saturated rings. The van der Waals surface area contributed by atoms with E-state index in [-0.39, 0.29) is 0 Å². The highest BCUT2D eigenvalue weighted by Crippen LogP contribution is 2.18. The Hall–Kier alpha value is -3.39. The number of aromatic nitrogens is 1. The first-order valence-corrected chi connectivity index (χ1v) is 9.09. The van der Waals surface area contributed by atoms with Crippen molar-refractivity contribution in [1.29, 1.82) is 0 Å². The Morgan fingerprint density at radius 1 is 0.815 bits per heavy atom. The SMILES string of the molecule is Cc1ccc2nc(/C=C/c3ccc(OCc4ccccc4)cc3)ccc2c1. The lowest BCUT2D eigenvalue weighted by atomic mass is 10.1. The van der Waals surface area contributed by atoms with E-state index in [2.05, 4.69) is 67.6 Å². The van der Waals surface area contributed by atoms with Gasteiger partial charge in [-0.05, 0) is 54.5 Å². The second kappa shape index (κ2) is 7.88. The van der Waals surface area contributed by atoms with E-state index in [1.165, 1.54) is 16.5 Å². The van der Waals surface area contributed by atoms with Crippen LogP contribution in [0.3, 0.4) is 0 Å². The highest BCUT2D eigenvalue weighted by molar-refractivity contribution is 5.81. The third-order valence-corrected chi connectivity index (χ3v) is 4.44. The van der Waals surface area contributed by atoms with Crippen molar-refractivity contribution >= 4 is 23.1 Å². The Kier molecular flexibility index (Phi) is 4.97. The van der Waals surface area contributed by atoms with Crippen molar-refractivity contribution < 1.29 is 4.74 Å². The van der Waals surface area contributed by atoms with Gasteiger partial charge in [0, 0.05) is 5.39 Å². The van der Waals surface area contributed by atoms with Gasteiger partial charge in [-0.2, -0.15) is 0 Å². The Balaban J connectivity index is 1.42. The minimum atomic E-state index is 0.580. The molecule has 2 nitrogen and oxygen atoms in total. The summed E-state index contributed by atoms with van der Waals surface area (Å²) in [5, 5.41) is 1.17. The summed E-state index contributed by atoms with van der Waals surface area (Å²) < 4.78 is 5.83. The van der Waals surface area contributed by atoms with Gasteiger partial charge in [0.15, 0.2) is 0 Å². The molecule has 2 heteroatoms. The lowest BCUT2D eigenvalue weighted by molar-refractivity contribution is 0.306. The van der Waals surface area contributed by atoms with Crippen LogP contribution in [0.4, 0.5) is 0 Å². The van der Waals surface area contributed by atoms with Gasteiger partial charge in [0.2, 0.25) is 0 Å². The summed E-state index contributed by atoms with van der Waals surface area (Å²) in [5.41, 5.74) is 5.51. The number of hydrogen-bond acceptors (Lipinski definition) is 2. The van der Waals surface area contributed by atoms with Crippen LogP contribution in [0.5, 0.6) is 5.75 Å². The summed E-state index contributed by atoms with van der Waals surface area (Å²) in [6, 6.07) is 28.8. The van der Waals surface area contributed by atoms with E-state index in [9.17, 15) is 0 Å². The minimum Gasteiger partial charge on any atom is -0.489 e. The molecular formula is C25H21NO. The van der Waals surface area contributed by atoms with Gasteiger partial charge in [-0.25, -0.2) is 4.98 Å². The van der Waals surface area contributed by atoms with Gasteiger partial charge in [-0.1, -0.05) is 66.2 Å². The van der Waals surface area contributed by atoms with Gasteiger partial charge >= 0.3 is 0 Å². The number of pyridine rings is 1. The smallest absolute Gasteiger partial charge is 0.119 e. The maximum Gasteiger partial charge on any atom is 0.119 e. The van der Waals surface area contributed by atoms with Crippen LogP contribution in [0.15, 0.2) is 84.9 Å². The number of benzene rings is 3. The van der Waals surface area contributed by atoms with E-state index >= 15 is 0 Å². The molecule has 1 heterocycles. The maximum absolute atomic E-state index is 5.83. The Morgan fingerprint density at radius 3 is 2.44 bits per heavy atom. The summed E-state index contributed by atoms with van der Waals surface area (Å²) in [7, 11) is 0. The third kappa shape index (κ3) is 4.42. The lowest BCUT2D eigenvalue weighted by Gasteiger charge is -2.06. The molecule has 0 bridgehead atoms. The average molecular weight is 351 g/mol. The molecule has 0 unspecified atom stereocenters. The number of ether oxygens (including phenoxy) is 1. The van der Waals surface area contributed by atoms with E-state index in [4.69, 9.17) is 9.72 Å². The number of hydrogen-bond donors (Lipinski definition) is 0. The number of nitrogens with zero attached hydrogens (tertiary/aromatic N) is 1. The average Bonchev–Trinajstić information content (AvgIpc) is 2.72. The molecule has 4 rings (SSSR count). The number of aryl methyl sites for hydroxylation is 1. The van der Waals surface area contributed by atoms with Crippen LogP contribution in [0, 0.1) is 6.92 Å². The highest BCUT2D eigenvalue weighted by Gasteiger charge is 1.98. The normalized spacial score (nSPS) is 11.1. The maximum atomic E-state index is 5.83. The first-order chi connectivity index (χ1) is 13.3. The number of fused-ring (bicyclic) bond motifs is 1. The fourth-order valence-corrected chi connectivity index (χ4v) is 2.95. The van der Waals surface area contributed by atoms with Gasteiger partial charge in [-0.3, -0.25) is 0 Å². The van der Waals surface area contributed by atoms with Crippen LogP contribution in [0.25, 0.3) is 23.1 Å².